The van der Waals surface area contributed by atoms with Crippen LogP contribution in [0.1, 0.15) is 69.8 Å². The third kappa shape index (κ3) is 7.08. The van der Waals surface area contributed by atoms with Gasteiger partial charge in [0.1, 0.15) is 0 Å². The van der Waals surface area contributed by atoms with Gasteiger partial charge in [-0.2, -0.15) is 0 Å². The summed E-state index contributed by atoms with van der Waals surface area (Å²) in [4.78, 5) is 12.0. The zero-order valence-corrected chi connectivity index (χ0v) is 16.4. The van der Waals surface area contributed by atoms with Crippen LogP contribution in [0.5, 0.6) is 0 Å². The van der Waals surface area contributed by atoms with Crippen molar-refractivity contribution in [3.8, 4) is 0 Å². The lowest BCUT2D eigenvalue weighted by molar-refractivity contribution is -0.116. The highest BCUT2D eigenvalue weighted by molar-refractivity contribution is 7.91. The van der Waals surface area contributed by atoms with Crippen molar-refractivity contribution in [2.45, 2.75) is 75.2 Å². The molecule has 0 atom stereocenters. The molecule has 3 N–H and O–H groups in total. The van der Waals surface area contributed by atoms with Crippen LogP contribution < -0.4 is 11.1 Å². The van der Waals surface area contributed by atoms with Crippen molar-refractivity contribution in [1.82, 2.24) is 0 Å². The van der Waals surface area contributed by atoms with E-state index in [0.29, 0.717) is 18.7 Å². The minimum Gasteiger partial charge on any atom is -0.330 e. The molecule has 146 valence electrons. The summed E-state index contributed by atoms with van der Waals surface area (Å²) in [6, 6.07) is 7.22. The van der Waals surface area contributed by atoms with E-state index in [1.165, 1.54) is 0 Å². The van der Waals surface area contributed by atoms with Crippen LogP contribution in [0, 0.1) is 0 Å². The highest BCUT2D eigenvalue weighted by Crippen LogP contribution is 2.26. The summed E-state index contributed by atoms with van der Waals surface area (Å²) >= 11 is 0. The molecule has 0 bridgehead atoms. The Bertz CT molecular complexity index is 667. The molecule has 0 unspecified atom stereocenters. The fourth-order valence-electron chi connectivity index (χ4n) is 3.52. The van der Waals surface area contributed by atoms with E-state index >= 15 is 0 Å². The summed E-state index contributed by atoms with van der Waals surface area (Å²) in [7, 11) is -3.13. The maximum Gasteiger partial charge on any atom is 0.224 e. The van der Waals surface area contributed by atoms with Gasteiger partial charge in [0.2, 0.25) is 5.91 Å². The molecule has 26 heavy (non-hydrogen) atoms. The van der Waals surface area contributed by atoms with Gasteiger partial charge in [-0.1, -0.05) is 44.2 Å². The Morgan fingerprint density at radius 3 is 2.54 bits per heavy atom. The van der Waals surface area contributed by atoms with E-state index in [-0.39, 0.29) is 16.9 Å². The molecule has 1 amide bonds. The summed E-state index contributed by atoms with van der Waals surface area (Å²) in [5.74, 6) is 0.0329. The number of rotatable bonds is 10. The molecule has 1 saturated carbocycles. The minimum absolute atomic E-state index is 0.0231. The molecule has 1 aliphatic carbocycles. The molecular formula is C20H32N2O3S. The van der Waals surface area contributed by atoms with Gasteiger partial charge in [0.05, 0.1) is 11.0 Å². The molecule has 1 fully saturated rings. The van der Waals surface area contributed by atoms with E-state index < -0.39 is 9.84 Å². The average Bonchev–Trinajstić information content (AvgIpc) is 2.62. The maximum atomic E-state index is 12.6. The van der Waals surface area contributed by atoms with Crippen molar-refractivity contribution in [2.24, 2.45) is 5.73 Å². The molecule has 0 aromatic heterocycles. The Kier molecular flexibility index (Phi) is 8.59. The molecule has 6 heteroatoms. The quantitative estimate of drug-likeness (QED) is 0.605. The van der Waals surface area contributed by atoms with Gasteiger partial charge >= 0.3 is 0 Å². The number of sulfone groups is 1. The lowest BCUT2D eigenvalue weighted by atomic mass is 10.0. The maximum absolute atomic E-state index is 12.6. The average molecular weight is 381 g/mol. The van der Waals surface area contributed by atoms with E-state index in [2.05, 4.69) is 5.32 Å². The Labute approximate surface area is 157 Å². The number of benzene rings is 1. The lowest BCUT2D eigenvalue weighted by Gasteiger charge is -2.21. The van der Waals surface area contributed by atoms with E-state index in [1.54, 1.807) is 6.07 Å². The molecule has 0 aliphatic heterocycles. The van der Waals surface area contributed by atoms with E-state index in [1.807, 2.05) is 18.2 Å². The van der Waals surface area contributed by atoms with Gasteiger partial charge in [0.25, 0.3) is 0 Å². The van der Waals surface area contributed by atoms with Crippen LogP contribution in [0.4, 0.5) is 5.69 Å². The van der Waals surface area contributed by atoms with Crippen LogP contribution in [0.3, 0.4) is 0 Å². The predicted octanol–water partition coefficient (Wildman–Crippen LogP) is 3.78. The molecular weight excluding hydrogens is 348 g/mol. The molecule has 1 aromatic rings. The van der Waals surface area contributed by atoms with Gasteiger partial charge in [-0.25, -0.2) is 8.42 Å². The first-order chi connectivity index (χ1) is 12.5. The Hall–Kier alpha value is -1.40. The summed E-state index contributed by atoms with van der Waals surface area (Å²) in [6.45, 7) is 0.697. The van der Waals surface area contributed by atoms with Gasteiger partial charge in [-0.3, -0.25) is 4.79 Å². The van der Waals surface area contributed by atoms with Gasteiger partial charge in [-0.15, -0.1) is 0 Å². The van der Waals surface area contributed by atoms with Crippen molar-refractivity contribution in [3.63, 3.8) is 0 Å². The Morgan fingerprint density at radius 2 is 1.81 bits per heavy atom. The van der Waals surface area contributed by atoms with Gasteiger partial charge in [0, 0.05) is 12.1 Å². The van der Waals surface area contributed by atoms with Crippen molar-refractivity contribution >= 4 is 21.4 Å². The van der Waals surface area contributed by atoms with Crippen LogP contribution in [0.15, 0.2) is 24.3 Å². The normalized spacial score (nSPS) is 15.7. The fourth-order valence-corrected chi connectivity index (χ4v) is 5.45. The molecule has 1 aromatic carbocycles. The monoisotopic (exact) mass is 380 g/mol. The number of hydrogen-bond donors (Lipinski definition) is 2. The van der Waals surface area contributed by atoms with Gasteiger partial charge in [0.15, 0.2) is 9.84 Å². The van der Waals surface area contributed by atoms with E-state index in [4.69, 9.17) is 5.73 Å². The number of anilines is 1. The number of carbonyl (C=O) groups excluding carboxylic acids is 1. The highest BCUT2D eigenvalue weighted by Gasteiger charge is 2.27. The number of unbranched alkanes of at least 4 members (excludes halogenated alkanes) is 3. The van der Waals surface area contributed by atoms with Gasteiger partial charge < -0.3 is 11.1 Å². The minimum atomic E-state index is -3.13. The van der Waals surface area contributed by atoms with E-state index in [9.17, 15) is 13.2 Å². The zero-order valence-electron chi connectivity index (χ0n) is 15.6. The molecule has 0 saturated heterocycles. The summed E-state index contributed by atoms with van der Waals surface area (Å²) < 4.78 is 25.2. The second kappa shape index (κ2) is 10.7. The van der Waals surface area contributed by atoms with Crippen molar-refractivity contribution in [2.75, 3.05) is 11.9 Å². The Balaban J connectivity index is 1.86. The van der Waals surface area contributed by atoms with Crippen molar-refractivity contribution in [3.05, 3.63) is 29.8 Å². The van der Waals surface area contributed by atoms with Crippen molar-refractivity contribution in [1.29, 1.82) is 0 Å². The lowest BCUT2D eigenvalue weighted by Crippen LogP contribution is -2.25. The Morgan fingerprint density at radius 1 is 1.08 bits per heavy atom. The van der Waals surface area contributed by atoms with Crippen molar-refractivity contribution < 1.29 is 13.2 Å². The number of nitrogens with one attached hydrogen (secondary N) is 1. The number of nitrogens with two attached hydrogens (primary N) is 1. The standard InChI is InChI=1S/C20H32N2O3S/c21-14-7-2-1-6-13-20(23)22-18-10-8-9-17(15-18)16-26(24,25)19-11-4-3-5-12-19/h8-10,15,19H,1-7,11-14,16,21H2,(H,22,23). The topological polar surface area (TPSA) is 89.3 Å². The first-order valence-corrected chi connectivity index (χ1v) is 11.5. The second-order valence-electron chi connectivity index (χ2n) is 7.27. The molecule has 1 aliphatic rings. The number of hydrogen-bond acceptors (Lipinski definition) is 4. The molecule has 0 heterocycles. The molecule has 2 rings (SSSR count). The van der Waals surface area contributed by atoms with E-state index in [0.717, 1.165) is 63.4 Å². The summed E-state index contributed by atoms with van der Waals surface area (Å²) in [5.41, 5.74) is 6.88. The van der Waals surface area contributed by atoms with Crippen LogP contribution in [-0.2, 0) is 20.4 Å². The molecule has 0 radical (unpaired) electrons. The molecule has 0 spiro atoms. The number of amides is 1. The third-order valence-corrected chi connectivity index (χ3v) is 7.22. The highest BCUT2D eigenvalue weighted by atomic mass is 32.2. The zero-order chi connectivity index (χ0) is 18.8. The predicted molar refractivity (Wildman–Crippen MR) is 107 cm³/mol. The van der Waals surface area contributed by atoms with Crippen LogP contribution >= 0.6 is 0 Å². The van der Waals surface area contributed by atoms with Crippen LogP contribution in [-0.4, -0.2) is 26.1 Å². The molecule has 5 nitrogen and oxygen atoms in total. The SMILES string of the molecule is NCCCCCCC(=O)Nc1cccc(CS(=O)(=O)C2CCCCC2)c1. The second-order valence-corrected chi connectivity index (χ2v) is 9.55. The van der Waals surface area contributed by atoms with Gasteiger partial charge in [-0.05, 0) is 49.9 Å². The largest absolute Gasteiger partial charge is 0.330 e. The number of carbonyl (C=O) groups is 1. The summed E-state index contributed by atoms with van der Waals surface area (Å²) in [5, 5.41) is 2.67. The first-order valence-electron chi connectivity index (χ1n) is 9.82. The third-order valence-electron chi connectivity index (χ3n) is 5.00. The van der Waals surface area contributed by atoms with Crippen LogP contribution in [0.2, 0.25) is 0 Å². The smallest absolute Gasteiger partial charge is 0.224 e. The summed E-state index contributed by atoms with van der Waals surface area (Å²) in [6.07, 6.45) is 9.10. The fraction of sp³-hybridized carbons (Fsp3) is 0.650. The van der Waals surface area contributed by atoms with Crippen LogP contribution in [0.25, 0.3) is 0 Å². The first kappa shape index (κ1) is 20.9.